The number of aryl methyl sites for hydroxylation is 1. The van der Waals surface area contributed by atoms with E-state index in [1.54, 1.807) is 12.1 Å². The molecule has 0 spiro atoms. The number of carbonyl (C=O) groups excluding carboxylic acids is 1. The molecule has 2 aromatic heterocycles. The van der Waals surface area contributed by atoms with Crippen LogP contribution in [-0.4, -0.2) is 15.9 Å². The van der Waals surface area contributed by atoms with E-state index in [2.05, 4.69) is 33.3 Å². The van der Waals surface area contributed by atoms with Crippen LogP contribution in [-0.2, 0) is 13.0 Å². The number of amides is 1. The van der Waals surface area contributed by atoms with Crippen molar-refractivity contribution >= 4 is 40.8 Å². The van der Waals surface area contributed by atoms with E-state index < -0.39 is 5.91 Å². The lowest BCUT2D eigenvalue weighted by Gasteiger charge is -2.07. The number of aromatic nitrogens is 2. The van der Waals surface area contributed by atoms with Crippen molar-refractivity contribution in [3.8, 4) is 17.0 Å². The molecule has 0 aliphatic rings. The second-order valence-electron chi connectivity index (χ2n) is 7.03. The van der Waals surface area contributed by atoms with Crippen molar-refractivity contribution in [2.24, 2.45) is 5.73 Å². The SMILES string of the molecule is Cc1oc(Cc2cccc(Cl)c2)nc1-c1ccc(OCc2ccc(C(N)=O)cn2)cc1.SS. The lowest BCUT2D eigenvalue weighted by atomic mass is 10.1. The van der Waals surface area contributed by atoms with Gasteiger partial charge in [0, 0.05) is 23.2 Å². The Morgan fingerprint density at radius 2 is 1.88 bits per heavy atom. The number of rotatable bonds is 7. The molecule has 2 N–H and O–H groups in total. The van der Waals surface area contributed by atoms with E-state index in [4.69, 9.17) is 26.5 Å². The first kappa shape index (κ1) is 24.7. The number of hydrogen-bond donors (Lipinski definition) is 3. The zero-order valence-electron chi connectivity index (χ0n) is 17.7. The Labute approximate surface area is 207 Å². The number of primary amides is 1. The Kier molecular flexibility index (Phi) is 8.82. The minimum atomic E-state index is -0.505. The highest BCUT2D eigenvalue weighted by Crippen LogP contribution is 2.27. The lowest BCUT2D eigenvalue weighted by molar-refractivity contribution is 0.1000. The summed E-state index contributed by atoms with van der Waals surface area (Å²) < 4.78 is 11.6. The van der Waals surface area contributed by atoms with Crippen LogP contribution in [0.25, 0.3) is 11.3 Å². The van der Waals surface area contributed by atoms with Crippen LogP contribution in [0.15, 0.2) is 71.3 Å². The number of carbonyl (C=O) groups is 1. The first-order valence-electron chi connectivity index (χ1n) is 9.86. The van der Waals surface area contributed by atoms with Crippen LogP contribution >= 0.6 is 34.9 Å². The van der Waals surface area contributed by atoms with Gasteiger partial charge in [-0.3, -0.25) is 9.78 Å². The van der Waals surface area contributed by atoms with Crippen molar-refractivity contribution in [3.63, 3.8) is 0 Å². The van der Waals surface area contributed by atoms with Gasteiger partial charge in [-0.15, -0.1) is 23.3 Å². The van der Waals surface area contributed by atoms with Gasteiger partial charge >= 0.3 is 0 Å². The first-order chi connectivity index (χ1) is 16.0. The zero-order chi connectivity index (χ0) is 23.8. The molecule has 0 atom stereocenters. The van der Waals surface area contributed by atoms with Gasteiger partial charge in [0.2, 0.25) is 5.91 Å². The summed E-state index contributed by atoms with van der Waals surface area (Å²) in [4.78, 5) is 19.9. The molecule has 0 saturated heterocycles. The van der Waals surface area contributed by atoms with E-state index in [0.29, 0.717) is 34.3 Å². The smallest absolute Gasteiger partial charge is 0.250 e. The van der Waals surface area contributed by atoms with Crippen molar-refractivity contribution in [2.45, 2.75) is 20.0 Å². The maximum Gasteiger partial charge on any atom is 0.250 e. The molecule has 0 aliphatic heterocycles. The van der Waals surface area contributed by atoms with Gasteiger partial charge in [-0.25, -0.2) is 4.98 Å². The van der Waals surface area contributed by atoms with Crippen molar-refractivity contribution in [1.29, 1.82) is 0 Å². The zero-order valence-corrected chi connectivity index (χ0v) is 20.3. The average molecular weight is 500 g/mol. The molecule has 0 aliphatic carbocycles. The number of thiol groups is 2. The van der Waals surface area contributed by atoms with Gasteiger partial charge in [-0.1, -0.05) is 23.7 Å². The van der Waals surface area contributed by atoms with Crippen molar-refractivity contribution in [2.75, 3.05) is 0 Å². The van der Waals surface area contributed by atoms with Gasteiger partial charge in [-0.05, 0) is 61.0 Å². The van der Waals surface area contributed by atoms with Crippen LogP contribution in [0.3, 0.4) is 0 Å². The summed E-state index contributed by atoms with van der Waals surface area (Å²) in [6.07, 6.45) is 2.02. The summed E-state index contributed by atoms with van der Waals surface area (Å²) >= 11 is 12.5. The fourth-order valence-electron chi connectivity index (χ4n) is 3.14. The number of nitrogens with zero attached hydrogens (tertiary/aromatic N) is 2. The molecular weight excluding hydrogens is 478 g/mol. The molecule has 0 saturated carbocycles. The van der Waals surface area contributed by atoms with Gasteiger partial charge in [0.15, 0.2) is 5.89 Å². The predicted molar refractivity (Wildman–Crippen MR) is 136 cm³/mol. The summed E-state index contributed by atoms with van der Waals surface area (Å²) in [5.41, 5.74) is 9.07. The highest BCUT2D eigenvalue weighted by Gasteiger charge is 2.13. The highest BCUT2D eigenvalue weighted by molar-refractivity contribution is 8.59. The Morgan fingerprint density at radius 3 is 2.52 bits per heavy atom. The van der Waals surface area contributed by atoms with E-state index in [-0.39, 0.29) is 6.61 Å². The minimum Gasteiger partial charge on any atom is -0.487 e. The monoisotopic (exact) mass is 499 g/mol. The fourth-order valence-corrected chi connectivity index (χ4v) is 3.35. The standard InChI is InChI=1S/C24H20ClN3O3.H2S2/c1-15-23(28-22(31-15)12-16-3-2-4-19(25)11-16)17-6-9-21(10-7-17)30-14-20-8-5-18(13-27-20)24(26)29;1-2/h2-11,13H,12,14H2,1H3,(H2,26,29);1-2H. The molecule has 2 aromatic carbocycles. The van der Waals surface area contributed by atoms with E-state index >= 15 is 0 Å². The summed E-state index contributed by atoms with van der Waals surface area (Å²) in [7, 11) is 0. The van der Waals surface area contributed by atoms with Crippen molar-refractivity contribution in [3.05, 3.63) is 100 Å². The molecule has 0 unspecified atom stereocenters. The minimum absolute atomic E-state index is 0.283. The normalized spacial score (nSPS) is 10.3. The molecule has 6 nitrogen and oxygen atoms in total. The summed E-state index contributed by atoms with van der Waals surface area (Å²) in [5, 5.41) is 0.690. The van der Waals surface area contributed by atoms with E-state index in [1.165, 1.54) is 6.20 Å². The third kappa shape index (κ3) is 6.77. The summed E-state index contributed by atoms with van der Waals surface area (Å²) in [6, 6.07) is 18.6. The molecule has 2 heterocycles. The molecule has 9 heteroatoms. The molecular formula is C24H22ClN3O3S2. The van der Waals surface area contributed by atoms with E-state index in [1.807, 2.05) is 55.5 Å². The number of benzene rings is 2. The molecule has 4 aromatic rings. The van der Waals surface area contributed by atoms with Crippen molar-refractivity contribution in [1.82, 2.24) is 9.97 Å². The summed E-state index contributed by atoms with van der Waals surface area (Å²) in [6.45, 7) is 2.18. The Morgan fingerprint density at radius 1 is 1.12 bits per heavy atom. The van der Waals surface area contributed by atoms with Gasteiger partial charge in [0.25, 0.3) is 0 Å². The lowest BCUT2D eigenvalue weighted by Crippen LogP contribution is -2.11. The van der Waals surface area contributed by atoms with Crippen LogP contribution in [0.4, 0.5) is 0 Å². The topological polar surface area (TPSA) is 91.2 Å². The molecule has 0 radical (unpaired) electrons. The van der Waals surface area contributed by atoms with Crippen LogP contribution in [0.5, 0.6) is 5.75 Å². The summed E-state index contributed by atoms with van der Waals surface area (Å²) in [5.74, 6) is 1.59. The van der Waals surface area contributed by atoms with Gasteiger partial charge in [0.1, 0.15) is 23.8 Å². The predicted octanol–water partition coefficient (Wildman–Crippen LogP) is 5.73. The molecule has 33 heavy (non-hydrogen) atoms. The van der Waals surface area contributed by atoms with Gasteiger partial charge < -0.3 is 14.9 Å². The van der Waals surface area contributed by atoms with Crippen LogP contribution in [0, 0.1) is 6.92 Å². The highest BCUT2D eigenvalue weighted by atomic mass is 35.5. The molecule has 4 rings (SSSR count). The second-order valence-corrected chi connectivity index (χ2v) is 7.47. The fraction of sp³-hybridized carbons (Fsp3) is 0.125. The average Bonchev–Trinajstić information content (AvgIpc) is 3.19. The molecule has 0 fully saturated rings. The molecule has 170 valence electrons. The molecule has 0 bridgehead atoms. The van der Waals surface area contributed by atoms with E-state index in [9.17, 15) is 4.79 Å². The number of oxazole rings is 1. The van der Waals surface area contributed by atoms with Crippen LogP contribution in [0.2, 0.25) is 5.02 Å². The van der Waals surface area contributed by atoms with Gasteiger partial charge in [-0.2, -0.15) is 0 Å². The Hall–Kier alpha value is -2.94. The van der Waals surface area contributed by atoms with Crippen LogP contribution < -0.4 is 10.5 Å². The number of ether oxygens (including phenoxy) is 1. The Bertz CT molecular complexity index is 1210. The quantitative estimate of drug-likeness (QED) is 0.223. The number of halogens is 1. The van der Waals surface area contributed by atoms with Crippen LogP contribution in [0.1, 0.15) is 33.3 Å². The number of hydrogen-bond acceptors (Lipinski definition) is 7. The third-order valence-electron chi connectivity index (χ3n) is 4.71. The second kappa shape index (κ2) is 11.8. The maximum absolute atomic E-state index is 11.1. The maximum atomic E-state index is 11.1. The first-order valence-corrected chi connectivity index (χ1v) is 11.8. The molecule has 1 amide bonds. The number of nitrogens with two attached hydrogens (primary N) is 1. The third-order valence-corrected chi connectivity index (χ3v) is 4.94. The Balaban J connectivity index is 0.00000149. The van der Waals surface area contributed by atoms with Gasteiger partial charge in [0.05, 0.1) is 11.3 Å². The largest absolute Gasteiger partial charge is 0.487 e. The van der Waals surface area contributed by atoms with E-state index in [0.717, 1.165) is 22.6 Å². The number of pyridine rings is 1. The van der Waals surface area contributed by atoms with Crippen molar-refractivity contribution < 1.29 is 13.9 Å².